The summed E-state index contributed by atoms with van der Waals surface area (Å²) in [4.78, 5) is 2.17. The number of rotatable bonds is 1. The predicted octanol–water partition coefficient (Wildman–Crippen LogP) is 2.71. The molecule has 1 spiro atoms. The highest BCUT2D eigenvalue weighted by molar-refractivity contribution is 5.74. The van der Waals surface area contributed by atoms with Crippen molar-refractivity contribution in [2.24, 2.45) is 17.8 Å². The topological polar surface area (TPSA) is 26.5 Å². The highest BCUT2D eigenvalue weighted by atomic mass is 16.5. The molecule has 0 radical (unpaired) electrons. The third-order valence-electron chi connectivity index (χ3n) is 4.70. The van der Waals surface area contributed by atoms with Crippen LogP contribution in [0.15, 0.2) is 12.3 Å². The van der Waals surface area contributed by atoms with E-state index in [-0.39, 0.29) is 5.66 Å². The zero-order valence-electron chi connectivity index (χ0n) is 11.5. The van der Waals surface area contributed by atoms with Crippen LogP contribution in [0.5, 0.6) is 0 Å². The minimum atomic E-state index is -0.261. The Balaban J connectivity index is 2.43. The maximum absolute atomic E-state index is 10.4. The number of allylic oxidation sites excluding steroid dienone is 1. The monoisotopic (exact) mass is 237 g/mol. The Morgan fingerprint density at radius 1 is 1.53 bits per heavy atom. The van der Waals surface area contributed by atoms with E-state index in [0.29, 0.717) is 17.8 Å². The van der Waals surface area contributed by atoms with Gasteiger partial charge in [-0.3, -0.25) is 5.21 Å². The zero-order chi connectivity index (χ0) is 12.8. The normalized spacial score (nSPS) is 38.1. The Bertz CT molecular complexity index is 361. The van der Waals surface area contributed by atoms with Crippen LogP contribution in [0.2, 0.25) is 0 Å². The van der Waals surface area contributed by atoms with Crippen LogP contribution >= 0.6 is 0 Å². The van der Waals surface area contributed by atoms with Crippen LogP contribution in [0.25, 0.3) is 0 Å². The predicted molar refractivity (Wildman–Crippen MR) is 69.1 cm³/mol. The van der Waals surface area contributed by atoms with E-state index < -0.39 is 0 Å². The van der Waals surface area contributed by atoms with Gasteiger partial charge in [0.2, 0.25) is 6.21 Å². The van der Waals surface area contributed by atoms with Crippen LogP contribution in [0.4, 0.5) is 0 Å². The molecule has 0 saturated heterocycles. The first-order chi connectivity index (χ1) is 7.89. The van der Waals surface area contributed by atoms with Gasteiger partial charge in [-0.05, 0) is 29.4 Å². The molecule has 1 N–H and O–H groups in total. The van der Waals surface area contributed by atoms with Gasteiger partial charge in [-0.25, -0.2) is 0 Å². The summed E-state index contributed by atoms with van der Waals surface area (Å²) in [6.07, 6.45) is 5.23. The fourth-order valence-electron chi connectivity index (χ4n) is 3.72. The first-order valence-electron chi connectivity index (χ1n) is 6.65. The van der Waals surface area contributed by atoms with Crippen molar-refractivity contribution < 1.29 is 9.95 Å². The van der Waals surface area contributed by atoms with Gasteiger partial charge in [-0.1, -0.05) is 27.4 Å². The lowest BCUT2D eigenvalue weighted by molar-refractivity contribution is -0.840. The van der Waals surface area contributed by atoms with Crippen molar-refractivity contribution in [3.8, 4) is 0 Å². The summed E-state index contributed by atoms with van der Waals surface area (Å²) < 4.78 is 1.43. The lowest BCUT2D eigenvalue weighted by atomic mass is 9.69. The molecule has 2 rings (SSSR count). The molecule has 0 aromatic rings. The van der Waals surface area contributed by atoms with E-state index in [2.05, 4.69) is 39.3 Å². The Labute approximate surface area is 104 Å². The molecule has 3 atom stereocenters. The van der Waals surface area contributed by atoms with E-state index >= 15 is 0 Å². The molecule has 0 amide bonds. The van der Waals surface area contributed by atoms with Crippen molar-refractivity contribution in [2.75, 3.05) is 7.05 Å². The van der Waals surface area contributed by atoms with Gasteiger partial charge >= 0.3 is 0 Å². The van der Waals surface area contributed by atoms with Crippen LogP contribution in [0.1, 0.15) is 40.0 Å². The van der Waals surface area contributed by atoms with E-state index in [0.717, 1.165) is 12.1 Å². The molecular formula is C14H25N2O+. The Morgan fingerprint density at radius 3 is 2.65 bits per heavy atom. The van der Waals surface area contributed by atoms with Crippen LogP contribution in [-0.4, -0.2) is 33.8 Å². The van der Waals surface area contributed by atoms with E-state index in [1.807, 2.05) is 0 Å². The summed E-state index contributed by atoms with van der Waals surface area (Å²) in [5.74, 6) is 1.71. The third-order valence-corrected chi connectivity index (χ3v) is 4.70. The zero-order valence-corrected chi connectivity index (χ0v) is 11.5. The van der Waals surface area contributed by atoms with Gasteiger partial charge in [0.1, 0.15) is 5.70 Å². The van der Waals surface area contributed by atoms with Crippen molar-refractivity contribution in [1.82, 2.24) is 4.90 Å². The quantitative estimate of drug-likeness (QED) is 0.560. The minimum absolute atomic E-state index is 0.261. The third kappa shape index (κ3) is 1.67. The summed E-state index contributed by atoms with van der Waals surface area (Å²) in [6.45, 7) is 10.8. The van der Waals surface area contributed by atoms with Crippen molar-refractivity contribution in [2.45, 2.75) is 45.7 Å². The lowest BCUT2D eigenvalue weighted by Gasteiger charge is -2.44. The van der Waals surface area contributed by atoms with Crippen LogP contribution in [-0.2, 0) is 0 Å². The average molecular weight is 237 g/mol. The van der Waals surface area contributed by atoms with Gasteiger partial charge < -0.3 is 4.90 Å². The average Bonchev–Trinajstić information content (AvgIpc) is 2.44. The molecule has 1 fully saturated rings. The van der Waals surface area contributed by atoms with Crippen molar-refractivity contribution in [1.29, 1.82) is 0 Å². The van der Waals surface area contributed by atoms with E-state index in [1.165, 1.54) is 17.6 Å². The Morgan fingerprint density at radius 2 is 2.18 bits per heavy atom. The molecule has 0 bridgehead atoms. The number of hydrogen-bond acceptors (Lipinski definition) is 2. The molecule has 1 heterocycles. The van der Waals surface area contributed by atoms with Crippen LogP contribution < -0.4 is 0 Å². The van der Waals surface area contributed by atoms with Crippen molar-refractivity contribution >= 4 is 6.21 Å². The SMILES string of the molecule is C=C1C=[N+](O)C2(CC(C)CCC2C(C)C)N1C. The standard InChI is InChI=1S/C14H25N2O/c1-10(2)13-7-6-11(3)8-14(13)15(5)12(4)9-16(14)17/h9-11,13,17H,4,6-8H2,1-3,5H3/q+1. The molecule has 3 heteroatoms. The number of hydrogen-bond donors (Lipinski definition) is 1. The number of hydroxylamine groups is 1. The van der Waals surface area contributed by atoms with Gasteiger partial charge in [-0.2, -0.15) is 0 Å². The minimum Gasteiger partial charge on any atom is -0.306 e. The summed E-state index contributed by atoms with van der Waals surface area (Å²) >= 11 is 0. The molecule has 3 unspecified atom stereocenters. The Kier molecular flexibility index (Phi) is 2.96. The maximum Gasteiger partial charge on any atom is 0.289 e. The van der Waals surface area contributed by atoms with Crippen molar-refractivity contribution in [3.05, 3.63) is 12.3 Å². The highest BCUT2D eigenvalue weighted by Gasteiger charge is 2.60. The van der Waals surface area contributed by atoms with Crippen LogP contribution in [0.3, 0.4) is 0 Å². The molecule has 3 nitrogen and oxygen atoms in total. The second-order valence-corrected chi connectivity index (χ2v) is 6.14. The van der Waals surface area contributed by atoms with Gasteiger partial charge in [0.05, 0.1) is 5.92 Å². The largest absolute Gasteiger partial charge is 0.306 e. The molecule has 1 aliphatic carbocycles. The summed E-state index contributed by atoms with van der Waals surface area (Å²) in [5.41, 5.74) is 0.648. The summed E-state index contributed by atoms with van der Waals surface area (Å²) in [5, 5.41) is 10.4. The first kappa shape index (κ1) is 12.5. The van der Waals surface area contributed by atoms with Crippen molar-refractivity contribution in [3.63, 3.8) is 0 Å². The van der Waals surface area contributed by atoms with E-state index in [4.69, 9.17) is 0 Å². The molecule has 17 heavy (non-hydrogen) atoms. The molecule has 0 aromatic carbocycles. The summed E-state index contributed by atoms with van der Waals surface area (Å²) in [7, 11) is 2.06. The molecule has 2 aliphatic rings. The lowest BCUT2D eigenvalue weighted by Crippen LogP contribution is -2.58. The maximum atomic E-state index is 10.4. The van der Waals surface area contributed by atoms with Crippen LogP contribution in [0, 0.1) is 17.8 Å². The van der Waals surface area contributed by atoms with E-state index in [1.54, 1.807) is 6.21 Å². The highest BCUT2D eigenvalue weighted by Crippen LogP contribution is 2.46. The fraction of sp³-hybridized carbons (Fsp3) is 0.786. The van der Waals surface area contributed by atoms with Gasteiger partial charge in [0.15, 0.2) is 0 Å². The summed E-state index contributed by atoms with van der Waals surface area (Å²) in [6, 6.07) is 0. The molecule has 96 valence electrons. The smallest absolute Gasteiger partial charge is 0.289 e. The second-order valence-electron chi connectivity index (χ2n) is 6.14. The van der Waals surface area contributed by atoms with Gasteiger partial charge in [0, 0.05) is 13.5 Å². The molecule has 1 aliphatic heterocycles. The van der Waals surface area contributed by atoms with E-state index in [9.17, 15) is 5.21 Å². The fourth-order valence-corrected chi connectivity index (χ4v) is 3.72. The first-order valence-corrected chi connectivity index (χ1v) is 6.65. The molecular weight excluding hydrogens is 212 g/mol. The Hall–Kier alpha value is -0.990. The van der Waals surface area contributed by atoms with Gasteiger partial charge in [-0.15, -0.1) is 0 Å². The second kappa shape index (κ2) is 4.04. The molecule has 1 saturated carbocycles. The van der Waals surface area contributed by atoms with Gasteiger partial charge in [0.25, 0.3) is 5.66 Å². The molecule has 0 aromatic heterocycles. The number of nitrogens with zero attached hydrogens (tertiary/aromatic N) is 2.